The van der Waals surface area contributed by atoms with Gasteiger partial charge >= 0.3 is 0 Å². The van der Waals surface area contributed by atoms with E-state index in [2.05, 4.69) is 26.9 Å². The number of hydrogen-bond donors (Lipinski definition) is 2. The average molecular weight is 259 g/mol. The monoisotopic (exact) mass is 259 g/mol. The van der Waals surface area contributed by atoms with Crippen LogP contribution in [0, 0.1) is 0 Å². The average Bonchev–Trinajstić information content (AvgIpc) is 2.88. The van der Waals surface area contributed by atoms with Gasteiger partial charge < -0.3 is 15.5 Å². The first kappa shape index (κ1) is 12.1. The Morgan fingerprint density at radius 2 is 2.32 bits per heavy atom. The number of anilines is 1. The van der Waals surface area contributed by atoms with E-state index in [1.54, 1.807) is 12.4 Å². The zero-order valence-corrected chi connectivity index (χ0v) is 10.8. The highest BCUT2D eigenvalue weighted by Crippen LogP contribution is 2.29. The van der Waals surface area contributed by atoms with Crippen LogP contribution in [0.2, 0.25) is 0 Å². The minimum Gasteiger partial charge on any atom is -0.378 e. The Morgan fingerprint density at radius 1 is 1.42 bits per heavy atom. The van der Waals surface area contributed by atoms with Gasteiger partial charge in [0.05, 0.1) is 23.7 Å². The zero-order chi connectivity index (χ0) is 13.2. The fraction of sp³-hybridized carbons (Fsp3) is 0.462. The van der Waals surface area contributed by atoms with Gasteiger partial charge in [-0.05, 0) is 25.8 Å². The van der Waals surface area contributed by atoms with E-state index in [1.165, 1.54) is 0 Å². The fourth-order valence-corrected chi connectivity index (χ4v) is 2.44. The first-order valence-electron chi connectivity index (χ1n) is 6.48. The van der Waals surface area contributed by atoms with E-state index >= 15 is 0 Å². The van der Waals surface area contributed by atoms with Crippen molar-refractivity contribution in [3.8, 4) is 11.4 Å². The molecule has 0 radical (unpaired) electrons. The number of hydrogen-bond acceptors (Lipinski definition) is 5. The standard InChI is InChI=1S/C13H17N5O/c1-8-6-9(3-5-19-8)12-16-7-11(17-12)10-2-4-15-13(14)18-10/h2,4,7-9H,3,5-6H2,1H3,(H,16,17)(H2,14,15,18). The van der Waals surface area contributed by atoms with E-state index in [9.17, 15) is 0 Å². The second-order valence-corrected chi connectivity index (χ2v) is 4.88. The van der Waals surface area contributed by atoms with Crippen LogP contribution < -0.4 is 5.73 Å². The lowest BCUT2D eigenvalue weighted by atomic mass is 9.96. The highest BCUT2D eigenvalue weighted by atomic mass is 16.5. The predicted octanol–water partition coefficient (Wildman–Crippen LogP) is 1.73. The molecule has 0 spiro atoms. The van der Waals surface area contributed by atoms with Crippen molar-refractivity contribution in [1.29, 1.82) is 0 Å². The van der Waals surface area contributed by atoms with Crippen LogP contribution >= 0.6 is 0 Å². The molecule has 2 aromatic heterocycles. The van der Waals surface area contributed by atoms with E-state index in [-0.39, 0.29) is 5.95 Å². The SMILES string of the molecule is CC1CC(c2ncc(-c3ccnc(N)n3)[nH]2)CCO1. The van der Waals surface area contributed by atoms with Crippen molar-refractivity contribution in [3.63, 3.8) is 0 Å². The van der Waals surface area contributed by atoms with Crippen molar-refractivity contribution in [1.82, 2.24) is 19.9 Å². The van der Waals surface area contributed by atoms with Gasteiger partial charge in [-0.15, -0.1) is 0 Å². The van der Waals surface area contributed by atoms with Crippen LogP contribution in [-0.2, 0) is 4.74 Å². The minimum atomic E-state index is 0.272. The number of aromatic nitrogens is 4. The maximum Gasteiger partial charge on any atom is 0.220 e. The van der Waals surface area contributed by atoms with Crippen LogP contribution in [0.25, 0.3) is 11.4 Å². The molecule has 0 amide bonds. The van der Waals surface area contributed by atoms with Gasteiger partial charge in [0.15, 0.2) is 0 Å². The maximum absolute atomic E-state index is 5.59. The van der Waals surface area contributed by atoms with Crippen molar-refractivity contribution in [2.75, 3.05) is 12.3 Å². The quantitative estimate of drug-likeness (QED) is 0.857. The maximum atomic E-state index is 5.59. The Bertz CT molecular complexity index is 568. The third-order valence-electron chi connectivity index (χ3n) is 3.42. The molecule has 3 N–H and O–H groups in total. The number of aromatic amines is 1. The summed E-state index contributed by atoms with van der Waals surface area (Å²) in [6.07, 6.45) is 5.75. The Kier molecular flexibility index (Phi) is 3.16. The lowest BCUT2D eigenvalue weighted by Crippen LogP contribution is -2.22. The number of H-pyrrole nitrogens is 1. The van der Waals surface area contributed by atoms with E-state index in [1.807, 2.05) is 6.07 Å². The number of nitrogen functional groups attached to an aromatic ring is 1. The molecule has 1 aliphatic heterocycles. The van der Waals surface area contributed by atoms with E-state index in [4.69, 9.17) is 10.5 Å². The molecule has 3 heterocycles. The molecule has 0 bridgehead atoms. The van der Waals surface area contributed by atoms with Gasteiger partial charge in [0.25, 0.3) is 0 Å². The summed E-state index contributed by atoms with van der Waals surface area (Å²) in [6, 6.07) is 1.82. The smallest absolute Gasteiger partial charge is 0.220 e. The van der Waals surface area contributed by atoms with E-state index in [0.29, 0.717) is 12.0 Å². The third-order valence-corrected chi connectivity index (χ3v) is 3.42. The number of ether oxygens (including phenoxy) is 1. The largest absolute Gasteiger partial charge is 0.378 e. The molecule has 1 aliphatic rings. The van der Waals surface area contributed by atoms with Crippen molar-refractivity contribution in [2.45, 2.75) is 31.8 Å². The van der Waals surface area contributed by atoms with Gasteiger partial charge in [0.1, 0.15) is 5.82 Å². The first-order chi connectivity index (χ1) is 9.22. The highest BCUT2D eigenvalue weighted by molar-refractivity contribution is 5.54. The molecule has 0 aromatic carbocycles. The molecule has 2 aromatic rings. The molecule has 0 saturated carbocycles. The highest BCUT2D eigenvalue weighted by Gasteiger charge is 2.23. The molecule has 6 heteroatoms. The Morgan fingerprint density at radius 3 is 3.11 bits per heavy atom. The molecule has 100 valence electrons. The van der Waals surface area contributed by atoms with Gasteiger partial charge in [-0.2, -0.15) is 0 Å². The van der Waals surface area contributed by atoms with Crippen molar-refractivity contribution < 1.29 is 4.74 Å². The van der Waals surface area contributed by atoms with Gasteiger partial charge in [0.2, 0.25) is 5.95 Å². The van der Waals surface area contributed by atoms with Gasteiger partial charge in [0, 0.05) is 18.7 Å². The molecule has 1 saturated heterocycles. The van der Waals surface area contributed by atoms with E-state index < -0.39 is 0 Å². The van der Waals surface area contributed by atoms with Crippen LogP contribution in [0.1, 0.15) is 31.5 Å². The fourth-order valence-electron chi connectivity index (χ4n) is 2.44. The Hall–Kier alpha value is -1.95. The lowest BCUT2D eigenvalue weighted by molar-refractivity contribution is 0.0174. The molecule has 3 rings (SSSR count). The van der Waals surface area contributed by atoms with Crippen LogP contribution in [-0.4, -0.2) is 32.6 Å². The van der Waals surface area contributed by atoms with Gasteiger partial charge in [-0.3, -0.25) is 0 Å². The summed E-state index contributed by atoms with van der Waals surface area (Å²) in [5.74, 6) is 1.70. The normalized spacial score (nSPS) is 23.4. The van der Waals surface area contributed by atoms with Gasteiger partial charge in [-0.25, -0.2) is 15.0 Å². The second-order valence-electron chi connectivity index (χ2n) is 4.88. The second kappa shape index (κ2) is 4.97. The molecule has 0 aliphatic carbocycles. The molecular weight excluding hydrogens is 242 g/mol. The molecular formula is C13H17N5O. The summed E-state index contributed by atoms with van der Waals surface area (Å²) >= 11 is 0. The third kappa shape index (κ3) is 2.58. The molecule has 19 heavy (non-hydrogen) atoms. The lowest BCUT2D eigenvalue weighted by Gasteiger charge is -2.25. The van der Waals surface area contributed by atoms with Crippen molar-refractivity contribution in [3.05, 3.63) is 24.3 Å². The topological polar surface area (TPSA) is 89.7 Å². The summed E-state index contributed by atoms with van der Waals surface area (Å²) < 4.78 is 5.56. The molecule has 6 nitrogen and oxygen atoms in total. The summed E-state index contributed by atoms with van der Waals surface area (Å²) in [4.78, 5) is 15.9. The summed E-state index contributed by atoms with van der Waals surface area (Å²) in [5.41, 5.74) is 7.24. The Labute approximate surface area is 111 Å². The number of nitrogens with zero attached hydrogens (tertiary/aromatic N) is 3. The van der Waals surface area contributed by atoms with E-state index in [0.717, 1.165) is 36.7 Å². The van der Waals surface area contributed by atoms with Crippen LogP contribution in [0.4, 0.5) is 5.95 Å². The summed E-state index contributed by atoms with van der Waals surface area (Å²) in [5, 5.41) is 0. The van der Waals surface area contributed by atoms with Crippen LogP contribution in [0.15, 0.2) is 18.5 Å². The van der Waals surface area contributed by atoms with Crippen molar-refractivity contribution in [2.24, 2.45) is 0 Å². The van der Waals surface area contributed by atoms with Gasteiger partial charge in [-0.1, -0.05) is 0 Å². The predicted molar refractivity (Wildman–Crippen MR) is 71.4 cm³/mol. The zero-order valence-electron chi connectivity index (χ0n) is 10.8. The van der Waals surface area contributed by atoms with Crippen LogP contribution in [0.3, 0.4) is 0 Å². The summed E-state index contributed by atoms with van der Waals surface area (Å²) in [7, 11) is 0. The molecule has 2 atom stereocenters. The van der Waals surface area contributed by atoms with Crippen molar-refractivity contribution >= 4 is 5.95 Å². The number of nitrogens with one attached hydrogen (secondary N) is 1. The van der Waals surface area contributed by atoms with Crippen LogP contribution in [0.5, 0.6) is 0 Å². The number of rotatable bonds is 2. The molecule has 1 fully saturated rings. The first-order valence-corrected chi connectivity index (χ1v) is 6.48. The minimum absolute atomic E-state index is 0.272. The summed E-state index contributed by atoms with van der Waals surface area (Å²) in [6.45, 7) is 2.89. The Balaban J connectivity index is 1.83. The number of nitrogens with two attached hydrogens (primary N) is 1. The number of imidazole rings is 1. The molecule has 2 unspecified atom stereocenters.